The molecule has 1 aliphatic rings. The highest BCUT2D eigenvalue weighted by atomic mass is 15.2. The van der Waals surface area contributed by atoms with E-state index in [1.54, 1.807) is 6.33 Å². The summed E-state index contributed by atoms with van der Waals surface area (Å²) >= 11 is 0. The molecule has 1 fully saturated rings. The fraction of sp³-hybridized carbons (Fsp3) is 0.467. The highest BCUT2D eigenvalue weighted by Gasteiger charge is 2.25. The van der Waals surface area contributed by atoms with E-state index in [9.17, 15) is 0 Å². The number of likely N-dealkylation sites (N-methyl/N-ethyl adjacent to an activating group) is 1. The van der Waals surface area contributed by atoms with Gasteiger partial charge in [-0.25, -0.2) is 0 Å². The summed E-state index contributed by atoms with van der Waals surface area (Å²) in [6, 6.07) is 9.56. The molecular weight excluding hydrogens is 250 g/mol. The van der Waals surface area contributed by atoms with Crippen molar-refractivity contribution in [1.29, 1.82) is 0 Å². The van der Waals surface area contributed by atoms with Crippen molar-refractivity contribution in [2.24, 2.45) is 7.05 Å². The second kappa shape index (κ2) is 5.25. The van der Waals surface area contributed by atoms with Crippen molar-refractivity contribution < 1.29 is 0 Å². The van der Waals surface area contributed by atoms with Gasteiger partial charge in [-0.3, -0.25) is 0 Å². The third-order valence-corrected chi connectivity index (χ3v) is 4.09. The molecule has 1 aliphatic heterocycles. The van der Waals surface area contributed by atoms with Crippen LogP contribution < -0.4 is 5.32 Å². The number of anilines is 1. The summed E-state index contributed by atoms with van der Waals surface area (Å²) in [5.41, 5.74) is 2.24. The molecule has 1 N–H and O–H groups in total. The minimum absolute atomic E-state index is 0.518. The summed E-state index contributed by atoms with van der Waals surface area (Å²) < 4.78 is 1.94. The fourth-order valence-electron chi connectivity index (χ4n) is 2.83. The maximum atomic E-state index is 4.16. The zero-order valence-electron chi connectivity index (χ0n) is 12.2. The molecule has 3 rings (SSSR count). The Morgan fingerprint density at radius 2 is 2.15 bits per heavy atom. The Bertz CT molecular complexity index is 581. The average Bonchev–Trinajstić information content (AvgIpc) is 2.97. The van der Waals surface area contributed by atoms with Crippen molar-refractivity contribution in [2.45, 2.75) is 25.4 Å². The Kier molecular flexibility index (Phi) is 3.44. The van der Waals surface area contributed by atoms with Crippen LogP contribution in [-0.4, -0.2) is 45.3 Å². The molecule has 2 heterocycles. The maximum absolute atomic E-state index is 4.16. The smallest absolute Gasteiger partial charge is 0.163 e. The van der Waals surface area contributed by atoms with Gasteiger partial charge in [0, 0.05) is 36.9 Å². The summed E-state index contributed by atoms with van der Waals surface area (Å²) in [5, 5.41) is 11.7. The first-order valence-electron chi connectivity index (χ1n) is 7.04. The molecule has 0 amide bonds. The van der Waals surface area contributed by atoms with E-state index in [0.717, 1.165) is 23.6 Å². The molecule has 0 saturated carbocycles. The number of nitrogens with one attached hydrogen (secondary N) is 1. The Labute approximate surface area is 119 Å². The second-order valence-electron chi connectivity index (χ2n) is 5.71. The minimum Gasteiger partial charge on any atom is -0.381 e. The van der Waals surface area contributed by atoms with Gasteiger partial charge >= 0.3 is 0 Å². The van der Waals surface area contributed by atoms with Gasteiger partial charge < -0.3 is 14.8 Å². The van der Waals surface area contributed by atoms with Gasteiger partial charge in [0.1, 0.15) is 6.33 Å². The van der Waals surface area contributed by atoms with E-state index in [4.69, 9.17) is 0 Å². The molecule has 0 bridgehead atoms. The van der Waals surface area contributed by atoms with Crippen molar-refractivity contribution in [3.63, 3.8) is 0 Å². The summed E-state index contributed by atoms with van der Waals surface area (Å²) in [5.74, 6) is 0.894. The van der Waals surface area contributed by atoms with Crippen LogP contribution in [0, 0.1) is 0 Å². The van der Waals surface area contributed by atoms with Gasteiger partial charge in [0.25, 0.3) is 0 Å². The van der Waals surface area contributed by atoms with Crippen LogP contribution in [0.2, 0.25) is 0 Å². The van der Waals surface area contributed by atoms with Gasteiger partial charge in [0.2, 0.25) is 0 Å². The lowest BCUT2D eigenvalue weighted by atomic mass is 10.1. The monoisotopic (exact) mass is 271 g/mol. The SMILES string of the molecule is CC1CC(Nc2cccc(-c3nncn3C)c2)CN1C. The standard InChI is InChI=1S/C15H21N5/c1-11-7-14(9-19(11)2)17-13-6-4-5-12(8-13)15-18-16-10-20(15)3/h4-6,8,10-11,14,17H,7,9H2,1-3H3. The lowest BCUT2D eigenvalue weighted by Crippen LogP contribution is -2.24. The molecule has 0 radical (unpaired) electrons. The molecule has 2 unspecified atom stereocenters. The largest absolute Gasteiger partial charge is 0.381 e. The lowest BCUT2D eigenvalue weighted by Gasteiger charge is -2.15. The molecule has 1 aromatic heterocycles. The molecule has 20 heavy (non-hydrogen) atoms. The van der Waals surface area contributed by atoms with E-state index in [-0.39, 0.29) is 0 Å². The van der Waals surface area contributed by atoms with Crippen LogP contribution in [0.3, 0.4) is 0 Å². The first-order valence-corrected chi connectivity index (χ1v) is 7.04. The molecule has 5 nitrogen and oxygen atoms in total. The van der Waals surface area contributed by atoms with Crippen LogP contribution in [0.15, 0.2) is 30.6 Å². The van der Waals surface area contributed by atoms with Crippen LogP contribution >= 0.6 is 0 Å². The first kappa shape index (κ1) is 13.1. The molecule has 106 valence electrons. The normalized spacial score (nSPS) is 23.1. The number of aryl methyl sites for hydroxylation is 1. The number of hydrogen-bond donors (Lipinski definition) is 1. The topological polar surface area (TPSA) is 46.0 Å². The van der Waals surface area contributed by atoms with E-state index in [2.05, 4.69) is 58.7 Å². The average molecular weight is 271 g/mol. The zero-order valence-corrected chi connectivity index (χ0v) is 12.2. The molecule has 0 spiro atoms. The molecule has 1 saturated heterocycles. The molecule has 2 aromatic rings. The maximum Gasteiger partial charge on any atom is 0.163 e. The molecule has 0 aliphatic carbocycles. The predicted molar refractivity (Wildman–Crippen MR) is 80.6 cm³/mol. The van der Waals surface area contributed by atoms with Gasteiger partial charge in [-0.2, -0.15) is 0 Å². The third kappa shape index (κ3) is 2.54. The summed E-state index contributed by atoms with van der Waals surface area (Å²) in [7, 11) is 4.14. The highest BCUT2D eigenvalue weighted by molar-refractivity contribution is 5.62. The van der Waals surface area contributed by atoms with Crippen molar-refractivity contribution in [3.05, 3.63) is 30.6 Å². The van der Waals surface area contributed by atoms with E-state index in [1.165, 1.54) is 6.42 Å². The number of likely N-dealkylation sites (tertiary alicyclic amines) is 1. The van der Waals surface area contributed by atoms with E-state index in [1.807, 2.05) is 11.6 Å². The summed E-state index contributed by atoms with van der Waals surface area (Å²) in [6.45, 7) is 3.37. The number of benzene rings is 1. The van der Waals surface area contributed by atoms with Crippen LogP contribution in [0.25, 0.3) is 11.4 Å². The zero-order chi connectivity index (χ0) is 14.1. The molecular formula is C15H21N5. The minimum atomic E-state index is 0.518. The summed E-state index contributed by atoms with van der Waals surface area (Å²) in [4.78, 5) is 2.39. The van der Waals surface area contributed by atoms with Crippen LogP contribution in [0.1, 0.15) is 13.3 Å². The van der Waals surface area contributed by atoms with Gasteiger partial charge in [-0.15, -0.1) is 10.2 Å². The van der Waals surface area contributed by atoms with Gasteiger partial charge in [0.05, 0.1) is 0 Å². The molecule has 1 aromatic carbocycles. The van der Waals surface area contributed by atoms with Gasteiger partial charge in [-0.1, -0.05) is 12.1 Å². The Balaban J connectivity index is 1.77. The second-order valence-corrected chi connectivity index (χ2v) is 5.71. The Morgan fingerprint density at radius 3 is 2.80 bits per heavy atom. The van der Waals surface area contributed by atoms with Crippen molar-refractivity contribution >= 4 is 5.69 Å². The Hall–Kier alpha value is -1.88. The molecule has 2 atom stereocenters. The van der Waals surface area contributed by atoms with Crippen LogP contribution in [-0.2, 0) is 7.05 Å². The number of nitrogens with zero attached hydrogens (tertiary/aromatic N) is 4. The summed E-state index contributed by atoms with van der Waals surface area (Å²) in [6.07, 6.45) is 2.91. The van der Waals surface area contributed by atoms with Crippen LogP contribution in [0.5, 0.6) is 0 Å². The predicted octanol–water partition coefficient (Wildman–Crippen LogP) is 1.99. The first-order chi connectivity index (χ1) is 9.63. The lowest BCUT2D eigenvalue weighted by molar-refractivity contribution is 0.330. The van der Waals surface area contributed by atoms with E-state index >= 15 is 0 Å². The quantitative estimate of drug-likeness (QED) is 0.927. The van der Waals surface area contributed by atoms with Gasteiger partial charge in [0.15, 0.2) is 5.82 Å². The van der Waals surface area contributed by atoms with Crippen molar-refractivity contribution in [1.82, 2.24) is 19.7 Å². The van der Waals surface area contributed by atoms with Gasteiger partial charge in [-0.05, 0) is 32.5 Å². The third-order valence-electron chi connectivity index (χ3n) is 4.09. The number of rotatable bonds is 3. The van der Waals surface area contributed by atoms with E-state index in [0.29, 0.717) is 12.1 Å². The van der Waals surface area contributed by atoms with E-state index < -0.39 is 0 Å². The molecule has 5 heteroatoms. The number of aromatic nitrogens is 3. The van der Waals surface area contributed by atoms with Crippen molar-refractivity contribution in [3.8, 4) is 11.4 Å². The van der Waals surface area contributed by atoms with Crippen molar-refractivity contribution in [2.75, 3.05) is 18.9 Å². The fourth-order valence-corrected chi connectivity index (χ4v) is 2.83. The highest BCUT2D eigenvalue weighted by Crippen LogP contribution is 2.23. The Morgan fingerprint density at radius 1 is 1.30 bits per heavy atom. The number of hydrogen-bond acceptors (Lipinski definition) is 4. The van der Waals surface area contributed by atoms with Crippen LogP contribution in [0.4, 0.5) is 5.69 Å².